The van der Waals surface area contributed by atoms with E-state index in [0.717, 1.165) is 5.57 Å². The van der Waals surface area contributed by atoms with Gasteiger partial charge >= 0.3 is 5.94 Å². The fourth-order valence-corrected chi connectivity index (χ4v) is 0.0833. The van der Waals surface area contributed by atoms with Crippen LogP contribution >= 0.6 is 0 Å². The Balaban J connectivity index is 3.73. The van der Waals surface area contributed by atoms with Crippen LogP contribution in [0.5, 0.6) is 0 Å². The van der Waals surface area contributed by atoms with E-state index < -0.39 is 0 Å². The first-order valence-corrected chi connectivity index (χ1v) is 1.62. The first-order valence-electron chi connectivity index (χ1n) is 1.62. The molecule has 0 spiro atoms. The van der Waals surface area contributed by atoms with Gasteiger partial charge in [-0.2, -0.15) is 0 Å². The van der Waals surface area contributed by atoms with Crippen molar-refractivity contribution in [2.45, 2.75) is 13.8 Å². The van der Waals surface area contributed by atoms with Crippen LogP contribution < -0.4 is 5.26 Å². The van der Waals surface area contributed by atoms with Gasteiger partial charge in [-0.15, -0.1) is 4.58 Å². The fourth-order valence-electron chi connectivity index (χ4n) is 0.0833. The highest BCUT2D eigenvalue weighted by Crippen LogP contribution is 1.72. The maximum Gasteiger partial charge on any atom is 0.379 e. The first kappa shape index (κ1) is 5.25. The Labute approximate surface area is 36.3 Å². The molecule has 34 valence electrons. The normalized spacial score (nSPS) is 6.33. The molecule has 2 heteroatoms. The third-order valence-electron chi connectivity index (χ3n) is 0.246. The predicted octanol–water partition coefficient (Wildman–Crippen LogP) is -0.405. The van der Waals surface area contributed by atoms with Crippen molar-refractivity contribution in [2.24, 2.45) is 0 Å². The molecule has 0 bridgehead atoms. The van der Waals surface area contributed by atoms with Crippen LogP contribution in [0.2, 0.25) is 0 Å². The van der Waals surface area contributed by atoms with Crippen molar-refractivity contribution in [3.8, 4) is 0 Å². The lowest BCUT2D eigenvalue weighted by atomic mass is 10.4. The molecule has 0 atom stereocenters. The minimum Gasteiger partial charge on any atom is -0.450 e. The zero-order chi connectivity index (χ0) is 4.99. The van der Waals surface area contributed by atoms with Crippen molar-refractivity contribution in [3.63, 3.8) is 0 Å². The summed E-state index contributed by atoms with van der Waals surface area (Å²) in [6.45, 7) is 3.47. The van der Waals surface area contributed by atoms with E-state index in [-0.39, 0.29) is 0 Å². The van der Waals surface area contributed by atoms with Crippen LogP contribution in [0.15, 0.2) is 5.57 Å². The third-order valence-corrected chi connectivity index (χ3v) is 0.246. The molecule has 0 heterocycles. The molecule has 0 N–H and O–H groups in total. The van der Waals surface area contributed by atoms with E-state index in [1.807, 2.05) is 0 Å². The SMILES string of the molecule is CC(C)=C=[O+][O-]. The van der Waals surface area contributed by atoms with Crippen molar-refractivity contribution in [3.05, 3.63) is 5.57 Å². The zero-order valence-electron chi connectivity index (χ0n) is 3.82. The summed E-state index contributed by atoms with van der Waals surface area (Å²) in [4.78, 5) is 0. The lowest BCUT2D eigenvalue weighted by Crippen LogP contribution is -1.92. The van der Waals surface area contributed by atoms with Gasteiger partial charge in [-0.05, 0) is 13.8 Å². The van der Waals surface area contributed by atoms with Gasteiger partial charge in [0.1, 0.15) is 0 Å². The largest absolute Gasteiger partial charge is 0.450 e. The molecule has 0 aliphatic heterocycles. The fraction of sp³-hybridized carbons (Fsp3) is 0.500. The van der Waals surface area contributed by atoms with Gasteiger partial charge < -0.3 is 5.26 Å². The van der Waals surface area contributed by atoms with Crippen molar-refractivity contribution >= 4 is 5.94 Å². The van der Waals surface area contributed by atoms with Gasteiger partial charge in [0.25, 0.3) is 0 Å². The summed E-state index contributed by atoms with van der Waals surface area (Å²) in [5, 5.41) is 9.11. The Morgan fingerprint density at radius 3 is 2.17 bits per heavy atom. The summed E-state index contributed by atoms with van der Waals surface area (Å²) < 4.78 is 3.27. The second-order valence-electron chi connectivity index (χ2n) is 1.19. The lowest BCUT2D eigenvalue weighted by Gasteiger charge is -1.61. The maximum absolute atomic E-state index is 9.11. The summed E-state index contributed by atoms with van der Waals surface area (Å²) in [7, 11) is 0. The molecule has 0 aromatic rings. The van der Waals surface area contributed by atoms with Crippen LogP contribution in [0.25, 0.3) is 0 Å². The molecular formula is C4H6O2. The highest BCUT2D eigenvalue weighted by atomic mass is 17.1. The monoisotopic (exact) mass is 86.0 g/mol. The molecule has 0 rings (SSSR count). The number of hydrogen-bond acceptors (Lipinski definition) is 1. The second-order valence-corrected chi connectivity index (χ2v) is 1.19. The Morgan fingerprint density at radius 1 is 1.67 bits per heavy atom. The lowest BCUT2D eigenvalue weighted by molar-refractivity contribution is -0.745. The smallest absolute Gasteiger partial charge is 0.379 e. The van der Waals surface area contributed by atoms with E-state index in [1.165, 1.54) is 0 Å². The summed E-state index contributed by atoms with van der Waals surface area (Å²) in [5.41, 5.74) is 0.755. The van der Waals surface area contributed by atoms with Crippen molar-refractivity contribution in [1.29, 1.82) is 0 Å². The van der Waals surface area contributed by atoms with Gasteiger partial charge in [0.15, 0.2) is 0 Å². The van der Waals surface area contributed by atoms with Crippen LogP contribution in [0, 0.1) is 0 Å². The number of hydrogen-bond donors (Lipinski definition) is 0. The Morgan fingerprint density at radius 2 is 2.17 bits per heavy atom. The van der Waals surface area contributed by atoms with Gasteiger partial charge in [-0.3, -0.25) is 0 Å². The third kappa shape index (κ3) is 3.25. The summed E-state index contributed by atoms with van der Waals surface area (Å²) >= 11 is 0. The van der Waals surface area contributed by atoms with Crippen LogP contribution in [-0.4, -0.2) is 5.94 Å². The van der Waals surface area contributed by atoms with Gasteiger partial charge in [0, 0.05) is 0 Å². The maximum atomic E-state index is 9.11. The molecule has 0 aliphatic carbocycles. The summed E-state index contributed by atoms with van der Waals surface area (Å²) in [5.74, 6) is 2.07. The molecule has 0 saturated heterocycles. The summed E-state index contributed by atoms with van der Waals surface area (Å²) in [6, 6.07) is 0. The number of carbonyl (C=O) groups excluding carboxylic acids is 1. The minimum absolute atomic E-state index is 0.755. The average molecular weight is 86.1 g/mol. The average Bonchev–Trinajstić information content (AvgIpc) is 1.35. The van der Waals surface area contributed by atoms with Crippen molar-refractivity contribution in [2.75, 3.05) is 0 Å². The van der Waals surface area contributed by atoms with Crippen molar-refractivity contribution in [1.82, 2.24) is 0 Å². The Bertz CT molecular complexity index is 83.7. The van der Waals surface area contributed by atoms with E-state index in [4.69, 9.17) is 5.26 Å². The predicted molar refractivity (Wildman–Crippen MR) is 20.6 cm³/mol. The van der Waals surface area contributed by atoms with E-state index in [1.54, 1.807) is 13.8 Å². The topological polar surface area (TPSA) is 34.4 Å². The standard InChI is InChI=1S/C4H6O2/c1-4(2)3-6-5/h1-2H3. The van der Waals surface area contributed by atoms with E-state index in [9.17, 15) is 0 Å². The molecule has 0 unspecified atom stereocenters. The quantitative estimate of drug-likeness (QED) is 0.171. The molecule has 0 fully saturated rings. The second kappa shape index (κ2) is 2.49. The number of allylic oxidation sites excluding steroid dienone is 1. The van der Waals surface area contributed by atoms with Crippen LogP contribution in [0.1, 0.15) is 13.8 Å². The molecule has 0 aliphatic rings. The Kier molecular flexibility index (Phi) is 2.17. The molecule has 2 nitrogen and oxygen atoms in total. The molecule has 6 heavy (non-hydrogen) atoms. The van der Waals surface area contributed by atoms with Gasteiger partial charge in [-0.1, -0.05) is 0 Å². The van der Waals surface area contributed by atoms with Gasteiger partial charge in [0.05, 0.1) is 5.57 Å². The van der Waals surface area contributed by atoms with E-state index >= 15 is 0 Å². The molecule has 0 radical (unpaired) electrons. The van der Waals surface area contributed by atoms with Gasteiger partial charge in [0.2, 0.25) is 0 Å². The summed E-state index contributed by atoms with van der Waals surface area (Å²) in [6.07, 6.45) is 0. The van der Waals surface area contributed by atoms with Crippen LogP contribution in [0.3, 0.4) is 0 Å². The van der Waals surface area contributed by atoms with E-state index in [0.29, 0.717) is 0 Å². The molecular weight excluding hydrogens is 80.0 g/mol. The first-order chi connectivity index (χ1) is 2.77. The van der Waals surface area contributed by atoms with Gasteiger partial charge in [-0.25, -0.2) is 0 Å². The van der Waals surface area contributed by atoms with Crippen LogP contribution in [-0.2, 0) is 4.58 Å². The molecule has 0 amide bonds. The molecule has 0 aromatic heterocycles. The minimum atomic E-state index is 0.755. The highest BCUT2D eigenvalue weighted by Gasteiger charge is 1.72. The molecule has 0 aromatic carbocycles. The number of rotatable bonds is 0. The highest BCUT2D eigenvalue weighted by molar-refractivity contribution is 5.50. The van der Waals surface area contributed by atoms with Crippen molar-refractivity contribution < 1.29 is 9.83 Å². The zero-order valence-corrected chi connectivity index (χ0v) is 3.82. The van der Waals surface area contributed by atoms with E-state index in [2.05, 4.69) is 10.5 Å². The van der Waals surface area contributed by atoms with Crippen LogP contribution in [0.4, 0.5) is 0 Å². The molecule has 0 saturated carbocycles. The Hall–Kier alpha value is -0.750.